The third-order valence-corrected chi connectivity index (χ3v) is 3.88. The second-order valence-corrected chi connectivity index (χ2v) is 6.01. The van der Waals surface area contributed by atoms with Crippen LogP contribution in [0.5, 0.6) is 0 Å². The summed E-state index contributed by atoms with van der Waals surface area (Å²) in [4.78, 5) is 27.0. The number of ether oxygens (including phenoxy) is 5. The van der Waals surface area contributed by atoms with E-state index in [1.807, 2.05) is 0 Å². The first-order valence-electron chi connectivity index (χ1n) is 7.56. The largest absolute Gasteiger partial charge is 0.508 e. The molecule has 0 aliphatic carbocycles. The Morgan fingerprint density at radius 3 is 2.80 bits per heavy atom. The van der Waals surface area contributed by atoms with Crippen LogP contribution in [0.3, 0.4) is 0 Å². The SMILES string of the molecule is COC(=O)OC[C@H]1O[C@@H](n2ccc(NO)nc2=O)[C@@H]2OC(C)(C)O[C@@H]21. The van der Waals surface area contributed by atoms with Gasteiger partial charge < -0.3 is 23.7 Å². The molecule has 25 heavy (non-hydrogen) atoms. The van der Waals surface area contributed by atoms with Crippen LogP contribution in [-0.4, -0.2) is 58.7 Å². The van der Waals surface area contributed by atoms with Crippen molar-refractivity contribution in [3.05, 3.63) is 22.7 Å². The van der Waals surface area contributed by atoms with Gasteiger partial charge in [-0.15, -0.1) is 0 Å². The summed E-state index contributed by atoms with van der Waals surface area (Å²) in [5.41, 5.74) is 1.15. The van der Waals surface area contributed by atoms with Gasteiger partial charge in [0.15, 0.2) is 17.8 Å². The first-order valence-corrected chi connectivity index (χ1v) is 7.56. The predicted octanol–water partition coefficient (Wildman–Crippen LogP) is 0.245. The zero-order valence-electron chi connectivity index (χ0n) is 13.9. The molecule has 0 spiro atoms. The maximum Gasteiger partial charge on any atom is 0.508 e. The van der Waals surface area contributed by atoms with Crippen molar-refractivity contribution in [2.45, 2.75) is 44.2 Å². The van der Waals surface area contributed by atoms with Gasteiger partial charge in [-0.25, -0.2) is 9.59 Å². The molecule has 2 aliphatic heterocycles. The molecule has 11 nitrogen and oxygen atoms in total. The highest BCUT2D eigenvalue weighted by Gasteiger charge is 2.56. The summed E-state index contributed by atoms with van der Waals surface area (Å²) in [5.74, 6) is -0.880. The summed E-state index contributed by atoms with van der Waals surface area (Å²) in [7, 11) is 1.20. The van der Waals surface area contributed by atoms with Crippen LogP contribution in [-0.2, 0) is 23.7 Å². The van der Waals surface area contributed by atoms with E-state index >= 15 is 0 Å². The molecule has 0 saturated carbocycles. The fourth-order valence-corrected chi connectivity index (χ4v) is 2.89. The van der Waals surface area contributed by atoms with Gasteiger partial charge in [0.05, 0.1) is 7.11 Å². The first-order chi connectivity index (χ1) is 11.8. The van der Waals surface area contributed by atoms with Crippen molar-refractivity contribution in [2.75, 3.05) is 19.2 Å². The Morgan fingerprint density at radius 2 is 2.16 bits per heavy atom. The molecule has 0 unspecified atom stereocenters. The van der Waals surface area contributed by atoms with E-state index in [1.54, 1.807) is 19.3 Å². The van der Waals surface area contributed by atoms with Crippen LogP contribution in [0.15, 0.2) is 17.1 Å². The van der Waals surface area contributed by atoms with E-state index < -0.39 is 42.2 Å². The predicted molar refractivity (Wildman–Crippen MR) is 80.0 cm³/mol. The van der Waals surface area contributed by atoms with Crippen LogP contribution >= 0.6 is 0 Å². The molecule has 2 N–H and O–H groups in total. The quantitative estimate of drug-likeness (QED) is 0.571. The molecule has 2 aliphatic rings. The van der Waals surface area contributed by atoms with Gasteiger partial charge in [-0.1, -0.05) is 0 Å². The molecule has 3 rings (SSSR count). The van der Waals surface area contributed by atoms with Crippen LogP contribution in [0.25, 0.3) is 0 Å². The highest BCUT2D eigenvalue weighted by atomic mass is 16.8. The van der Waals surface area contributed by atoms with Gasteiger partial charge in [0.25, 0.3) is 0 Å². The summed E-state index contributed by atoms with van der Waals surface area (Å²) in [6.07, 6.45) is -2.07. The number of anilines is 1. The molecule has 0 aromatic carbocycles. The first kappa shape index (κ1) is 17.6. The van der Waals surface area contributed by atoms with Crippen LogP contribution in [0.1, 0.15) is 20.1 Å². The van der Waals surface area contributed by atoms with Crippen molar-refractivity contribution in [3.8, 4) is 0 Å². The number of carbonyl (C=O) groups is 1. The number of carbonyl (C=O) groups excluding carboxylic acids is 1. The van der Waals surface area contributed by atoms with Gasteiger partial charge in [0, 0.05) is 6.20 Å². The molecule has 0 bridgehead atoms. The highest BCUT2D eigenvalue weighted by molar-refractivity contribution is 5.59. The Balaban J connectivity index is 1.84. The van der Waals surface area contributed by atoms with Gasteiger partial charge in [0.1, 0.15) is 24.9 Å². The van der Waals surface area contributed by atoms with Gasteiger partial charge >= 0.3 is 11.8 Å². The van der Waals surface area contributed by atoms with Crippen molar-refractivity contribution in [2.24, 2.45) is 0 Å². The molecule has 0 amide bonds. The fourth-order valence-electron chi connectivity index (χ4n) is 2.89. The molecular formula is C14H19N3O8. The second kappa shape index (κ2) is 6.59. The van der Waals surface area contributed by atoms with Gasteiger partial charge in [-0.2, -0.15) is 4.98 Å². The van der Waals surface area contributed by atoms with Crippen molar-refractivity contribution in [3.63, 3.8) is 0 Å². The average Bonchev–Trinajstić information content (AvgIpc) is 3.05. The Kier molecular flexibility index (Phi) is 4.64. The van der Waals surface area contributed by atoms with Crippen LogP contribution < -0.4 is 11.2 Å². The number of nitrogens with zero attached hydrogens (tertiary/aromatic N) is 2. The topological polar surface area (TPSA) is 130 Å². The summed E-state index contributed by atoms with van der Waals surface area (Å²) in [6, 6.07) is 1.40. The molecule has 2 saturated heterocycles. The summed E-state index contributed by atoms with van der Waals surface area (Å²) in [5, 5.41) is 8.83. The lowest BCUT2D eigenvalue weighted by Crippen LogP contribution is -2.34. The number of rotatable bonds is 4. The molecule has 4 atom stereocenters. The lowest BCUT2D eigenvalue weighted by molar-refractivity contribution is -0.201. The normalized spacial score (nSPS) is 29.9. The second-order valence-electron chi connectivity index (χ2n) is 6.01. The molecule has 2 fully saturated rings. The Hall–Kier alpha value is -2.21. The third-order valence-electron chi connectivity index (χ3n) is 3.88. The van der Waals surface area contributed by atoms with Crippen molar-refractivity contribution < 1.29 is 33.7 Å². The maximum absolute atomic E-state index is 12.2. The zero-order chi connectivity index (χ0) is 18.2. The van der Waals surface area contributed by atoms with Crippen LogP contribution in [0.4, 0.5) is 10.6 Å². The van der Waals surface area contributed by atoms with E-state index in [-0.39, 0.29) is 12.4 Å². The van der Waals surface area contributed by atoms with E-state index in [0.717, 1.165) is 0 Å². The number of hydrogen-bond acceptors (Lipinski definition) is 10. The molecule has 1 aromatic rings. The summed E-state index contributed by atoms with van der Waals surface area (Å²) < 4.78 is 28.1. The van der Waals surface area contributed by atoms with Gasteiger partial charge in [-0.3, -0.25) is 15.3 Å². The minimum atomic E-state index is -0.884. The van der Waals surface area contributed by atoms with Crippen molar-refractivity contribution >= 4 is 12.0 Å². The lowest BCUT2D eigenvalue weighted by atomic mass is 10.1. The van der Waals surface area contributed by atoms with E-state index in [0.29, 0.717) is 0 Å². The minimum Gasteiger partial charge on any atom is -0.438 e. The van der Waals surface area contributed by atoms with E-state index in [2.05, 4.69) is 9.72 Å². The van der Waals surface area contributed by atoms with E-state index in [1.165, 1.54) is 23.9 Å². The van der Waals surface area contributed by atoms with E-state index in [9.17, 15) is 9.59 Å². The van der Waals surface area contributed by atoms with Gasteiger partial charge in [0.2, 0.25) is 0 Å². The summed E-state index contributed by atoms with van der Waals surface area (Å²) in [6.45, 7) is 3.35. The lowest BCUT2D eigenvalue weighted by Gasteiger charge is -2.24. The number of fused-ring (bicyclic) bond motifs is 1. The molecule has 1 aromatic heterocycles. The van der Waals surface area contributed by atoms with Crippen LogP contribution in [0, 0.1) is 0 Å². The fraction of sp³-hybridized carbons (Fsp3) is 0.643. The summed E-state index contributed by atoms with van der Waals surface area (Å²) >= 11 is 0. The van der Waals surface area contributed by atoms with Crippen molar-refractivity contribution in [1.29, 1.82) is 0 Å². The van der Waals surface area contributed by atoms with Gasteiger partial charge in [-0.05, 0) is 19.9 Å². The molecule has 0 radical (unpaired) electrons. The van der Waals surface area contributed by atoms with Crippen molar-refractivity contribution in [1.82, 2.24) is 9.55 Å². The molecule has 138 valence electrons. The van der Waals surface area contributed by atoms with Crippen LogP contribution in [0.2, 0.25) is 0 Å². The average molecular weight is 357 g/mol. The number of aromatic nitrogens is 2. The Labute approximate surface area is 142 Å². The number of methoxy groups -OCH3 is 1. The standard InChI is InChI=1S/C14H19N3O8/c1-14(2)24-9-7(6-22-13(19)21-3)23-11(10(9)25-14)17-5-4-8(16-20)15-12(17)18/h4-5,7,9-11,20H,6H2,1-3H3,(H,15,16,18)/t7-,9-,10-,11-/m1/s1. The molecule has 11 heteroatoms. The Morgan fingerprint density at radius 1 is 1.44 bits per heavy atom. The highest BCUT2D eigenvalue weighted by Crippen LogP contribution is 2.42. The minimum absolute atomic E-state index is 0.00490. The smallest absolute Gasteiger partial charge is 0.438 e. The van der Waals surface area contributed by atoms with E-state index in [4.69, 9.17) is 24.2 Å². The Bertz CT molecular complexity index is 706. The molecular weight excluding hydrogens is 338 g/mol. The third kappa shape index (κ3) is 3.44. The monoisotopic (exact) mass is 357 g/mol. The molecule has 3 heterocycles. The zero-order valence-corrected chi connectivity index (χ0v) is 13.9. The number of nitrogens with one attached hydrogen (secondary N) is 1. The maximum atomic E-state index is 12.2. The number of hydrogen-bond donors (Lipinski definition) is 2.